The Bertz CT molecular complexity index is 450. The van der Waals surface area contributed by atoms with Gasteiger partial charge in [-0.3, -0.25) is 0 Å². The van der Waals surface area contributed by atoms with E-state index in [0.717, 1.165) is 0 Å². The molecule has 0 saturated carbocycles. The fourth-order valence-corrected chi connectivity index (χ4v) is 1.43. The summed E-state index contributed by atoms with van der Waals surface area (Å²) in [5.74, 6) is -0.494. The third-order valence-electron chi connectivity index (χ3n) is 1.94. The number of rotatable bonds is 2. The average molecular weight is 226 g/mol. The molecule has 0 atom stereocenters. The van der Waals surface area contributed by atoms with Crippen LogP contribution in [0.15, 0.2) is 17.1 Å². The highest BCUT2D eigenvalue weighted by molar-refractivity contribution is 6.33. The number of isocyanates is 1. The Balaban J connectivity index is 3.40. The number of benzene rings is 1. The second-order valence-corrected chi connectivity index (χ2v) is 3.17. The minimum absolute atomic E-state index is 0.245. The van der Waals surface area contributed by atoms with E-state index in [0.29, 0.717) is 16.1 Å². The number of hydrogen-bond acceptors (Lipinski definition) is 4. The van der Waals surface area contributed by atoms with Crippen LogP contribution in [0.1, 0.15) is 15.9 Å². The molecule has 0 saturated heterocycles. The van der Waals surface area contributed by atoms with Gasteiger partial charge in [-0.2, -0.15) is 4.99 Å². The van der Waals surface area contributed by atoms with Crippen molar-refractivity contribution in [2.45, 2.75) is 6.92 Å². The van der Waals surface area contributed by atoms with E-state index in [9.17, 15) is 9.59 Å². The molecule has 1 aromatic carbocycles. The lowest BCUT2D eigenvalue weighted by molar-refractivity contribution is 0.0600. The molecule has 0 N–H and O–H groups in total. The van der Waals surface area contributed by atoms with Crippen molar-refractivity contribution in [2.75, 3.05) is 7.11 Å². The predicted octanol–water partition coefficient (Wildman–Crippen LogP) is 2.40. The molecule has 0 aromatic heterocycles. The molecule has 1 aromatic rings. The standard InChI is InChI=1S/C10H8ClNO3/c1-6-7(10(14)15-2)3-4-8(11)9(6)12-5-13/h3-4H,1-2H3. The van der Waals surface area contributed by atoms with E-state index >= 15 is 0 Å². The van der Waals surface area contributed by atoms with E-state index < -0.39 is 5.97 Å². The highest BCUT2D eigenvalue weighted by Gasteiger charge is 2.14. The van der Waals surface area contributed by atoms with Crippen LogP contribution in [0.2, 0.25) is 5.02 Å². The molecule has 0 aliphatic heterocycles. The summed E-state index contributed by atoms with van der Waals surface area (Å²) in [4.78, 5) is 24.9. The number of carbonyl (C=O) groups excluding carboxylic acids is 2. The molecule has 0 aliphatic rings. The summed E-state index contributed by atoms with van der Waals surface area (Å²) < 4.78 is 4.57. The lowest BCUT2D eigenvalue weighted by Crippen LogP contribution is -2.03. The van der Waals surface area contributed by atoms with E-state index in [4.69, 9.17) is 11.6 Å². The van der Waals surface area contributed by atoms with E-state index in [1.807, 2.05) is 0 Å². The normalized spacial score (nSPS) is 9.27. The SMILES string of the molecule is COC(=O)c1ccc(Cl)c(N=C=O)c1C. The summed E-state index contributed by atoms with van der Waals surface area (Å²) in [6, 6.07) is 3.00. The molecule has 0 radical (unpaired) electrons. The van der Waals surface area contributed by atoms with E-state index in [-0.39, 0.29) is 5.69 Å². The van der Waals surface area contributed by atoms with Crippen molar-refractivity contribution in [3.05, 3.63) is 28.3 Å². The highest BCUT2D eigenvalue weighted by atomic mass is 35.5. The van der Waals surface area contributed by atoms with Crippen molar-refractivity contribution in [3.8, 4) is 0 Å². The maximum Gasteiger partial charge on any atom is 0.338 e. The Morgan fingerprint density at radius 3 is 2.73 bits per heavy atom. The zero-order chi connectivity index (χ0) is 11.4. The van der Waals surface area contributed by atoms with E-state index in [1.54, 1.807) is 6.92 Å². The van der Waals surface area contributed by atoms with Crippen molar-refractivity contribution in [2.24, 2.45) is 4.99 Å². The largest absolute Gasteiger partial charge is 0.465 e. The number of esters is 1. The van der Waals surface area contributed by atoms with Crippen LogP contribution in [0.4, 0.5) is 5.69 Å². The Hall–Kier alpha value is -1.64. The predicted molar refractivity (Wildman–Crippen MR) is 55.3 cm³/mol. The summed E-state index contributed by atoms with van der Waals surface area (Å²) in [5.41, 5.74) is 1.07. The molecule has 0 heterocycles. The minimum atomic E-state index is -0.494. The van der Waals surface area contributed by atoms with Crippen LogP contribution in [0.3, 0.4) is 0 Å². The fourth-order valence-electron chi connectivity index (χ4n) is 1.18. The number of aliphatic imine (C=N–C) groups is 1. The zero-order valence-corrected chi connectivity index (χ0v) is 8.96. The van der Waals surface area contributed by atoms with Crippen molar-refractivity contribution < 1.29 is 14.3 Å². The summed E-state index contributed by atoms with van der Waals surface area (Å²) in [7, 11) is 1.28. The van der Waals surface area contributed by atoms with Crippen LogP contribution < -0.4 is 0 Å². The second-order valence-electron chi connectivity index (χ2n) is 2.76. The van der Waals surface area contributed by atoms with Crippen LogP contribution in [0, 0.1) is 6.92 Å². The number of halogens is 1. The molecule has 15 heavy (non-hydrogen) atoms. The van der Waals surface area contributed by atoms with Gasteiger partial charge in [0.15, 0.2) is 0 Å². The third kappa shape index (κ3) is 2.24. The first-order chi connectivity index (χ1) is 7.11. The Morgan fingerprint density at radius 2 is 2.20 bits per heavy atom. The minimum Gasteiger partial charge on any atom is -0.465 e. The molecule has 0 unspecified atom stereocenters. The van der Waals surface area contributed by atoms with Gasteiger partial charge in [-0.25, -0.2) is 9.59 Å². The van der Waals surface area contributed by atoms with Gasteiger partial charge in [-0.15, -0.1) is 0 Å². The van der Waals surface area contributed by atoms with Crippen LogP contribution in [0.5, 0.6) is 0 Å². The van der Waals surface area contributed by atoms with Crippen LogP contribution >= 0.6 is 11.6 Å². The number of methoxy groups -OCH3 is 1. The fraction of sp³-hybridized carbons (Fsp3) is 0.200. The van der Waals surface area contributed by atoms with Crippen LogP contribution in [-0.2, 0) is 9.53 Å². The maximum atomic E-state index is 11.3. The van der Waals surface area contributed by atoms with Crippen molar-refractivity contribution >= 4 is 29.3 Å². The van der Waals surface area contributed by atoms with Gasteiger partial charge in [0, 0.05) is 0 Å². The molecular formula is C10H8ClNO3. The summed E-state index contributed by atoms with van der Waals surface area (Å²) >= 11 is 5.80. The van der Waals surface area contributed by atoms with Crippen LogP contribution in [0.25, 0.3) is 0 Å². The van der Waals surface area contributed by atoms with Gasteiger partial charge in [0.25, 0.3) is 0 Å². The second kappa shape index (κ2) is 4.73. The summed E-state index contributed by atoms with van der Waals surface area (Å²) in [5, 5.41) is 0.295. The molecule has 0 aliphatic carbocycles. The molecule has 0 spiro atoms. The number of hydrogen-bond donors (Lipinski definition) is 0. The molecule has 0 fully saturated rings. The molecule has 78 valence electrons. The first-order valence-corrected chi connectivity index (χ1v) is 4.45. The van der Waals surface area contributed by atoms with E-state index in [2.05, 4.69) is 9.73 Å². The Kier molecular flexibility index (Phi) is 3.61. The summed E-state index contributed by atoms with van der Waals surface area (Å²) in [6.45, 7) is 1.63. The molecular weight excluding hydrogens is 218 g/mol. The van der Waals surface area contributed by atoms with Crippen molar-refractivity contribution in [3.63, 3.8) is 0 Å². The zero-order valence-electron chi connectivity index (χ0n) is 8.20. The van der Waals surface area contributed by atoms with Gasteiger partial charge in [0.05, 0.1) is 23.4 Å². The first-order valence-electron chi connectivity index (χ1n) is 4.07. The summed E-state index contributed by atoms with van der Waals surface area (Å²) in [6.07, 6.45) is 1.39. The van der Waals surface area contributed by atoms with E-state index in [1.165, 1.54) is 25.3 Å². The molecule has 0 amide bonds. The smallest absolute Gasteiger partial charge is 0.338 e. The average Bonchev–Trinajstić information content (AvgIpc) is 2.23. The molecule has 4 nitrogen and oxygen atoms in total. The first kappa shape index (κ1) is 11.4. The topological polar surface area (TPSA) is 55.7 Å². The lowest BCUT2D eigenvalue weighted by atomic mass is 10.1. The monoisotopic (exact) mass is 225 g/mol. The van der Waals surface area contributed by atoms with Gasteiger partial charge in [0.2, 0.25) is 6.08 Å². The molecule has 1 rings (SSSR count). The molecule has 0 bridgehead atoms. The number of carbonyl (C=O) groups is 1. The Labute approximate surface area is 91.5 Å². The Morgan fingerprint density at radius 1 is 1.53 bits per heavy atom. The molecule has 5 heteroatoms. The van der Waals surface area contributed by atoms with Gasteiger partial charge in [-0.1, -0.05) is 11.6 Å². The van der Waals surface area contributed by atoms with Gasteiger partial charge < -0.3 is 4.74 Å². The van der Waals surface area contributed by atoms with Gasteiger partial charge in [-0.05, 0) is 24.6 Å². The van der Waals surface area contributed by atoms with Gasteiger partial charge >= 0.3 is 5.97 Å². The number of nitrogens with zero attached hydrogens (tertiary/aromatic N) is 1. The quantitative estimate of drug-likeness (QED) is 0.441. The van der Waals surface area contributed by atoms with Gasteiger partial charge in [0.1, 0.15) is 0 Å². The lowest BCUT2D eigenvalue weighted by Gasteiger charge is -2.06. The highest BCUT2D eigenvalue weighted by Crippen LogP contribution is 2.30. The van der Waals surface area contributed by atoms with Crippen molar-refractivity contribution in [1.82, 2.24) is 0 Å². The maximum absolute atomic E-state index is 11.3. The number of ether oxygens (including phenoxy) is 1. The third-order valence-corrected chi connectivity index (χ3v) is 2.25. The van der Waals surface area contributed by atoms with Crippen LogP contribution in [-0.4, -0.2) is 19.2 Å². The van der Waals surface area contributed by atoms with Crippen molar-refractivity contribution in [1.29, 1.82) is 0 Å².